The van der Waals surface area contributed by atoms with Crippen molar-refractivity contribution in [2.75, 3.05) is 0 Å². The summed E-state index contributed by atoms with van der Waals surface area (Å²) in [6, 6.07) is 19.0. The van der Waals surface area contributed by atoms with Crippen molar-refractivity contribution >= 4 is 22.5 Å². The molecular weight excluding hydrogens is 446 g/mol. The highest BCUT2D eigenvalue weighted by atomic mass is 35.5. The number of halogens is 3. The third kappa shape index (κ3) is 4.47. The Balaban J connectivity index is 1.38. The Labute approximate surface area is 192 Å². The van der Waals surface area contributed by atoms with Crippen LogP contribution in [0.2, 0.25) is 5.02 Å². The predicted molar refractivity (Wildman–Crippen MR) is 121 cm³/mol. The van der Waals surface area contributed by atoms with E-state index in [-0.39, 0.29) is 5.89 Å². The van der Waals surface area contributed by atoms with Gasteiger partial charge >= 0.3 is 6.43 Å². The molecule has 0 amide bonds. The van der Waals surface area contributed by atoms with Gasteiger partial charge in [0.1, 0.15) is 0 Å². The van der Waals surface area contributed by atoms with Gasteiger partial charge in [0.15, 0.2) is 0 Å². The second-order valence-electron chi connectivity index (χ2n) is 7.23. The lowest BCUT2D eigenvalue weighted by atomic mass is 10.1. The maximum Gasteiger partial charge on any atom is 0.314 e. The van der Waals surface area contributed by atoms with E-state index in [2.05, 4.69) is 31.6 Å². The molecule has 8 heteroatoms. The minimum absolute atomic E-state index is 0.0127. The first-order chi connectivity index (χ1) is 16.1. The number of aromatic nitrogens is 4. The molecule has 5 rings (SSSR count). The fourth-order valence-corrected chi connectivity index (χ4v) is 3.62. The van der Waals surface area contributed by atoms with Crippen LogP contribution >= 0.6 is 11.6 Å². The van der Waals surface area contributed by atoms with E-state index in [9.17, 15) is 8.78 Å². The number of fused-ring (bicyclic) bond motifs is 1. The van der Waals surface area contributed by atoms with E-state index < -0.39 is 12.3 Å². The van der Waals surface area contributed by atoms with Gasteiger partial charge in [-0.25, -0.2) is 0 Å². The number of hydrogen-bond acceptors (Lipinski definition) is 4. The molecular formula is C25H15ClF2N4O. The summed E-state index contributed by atoms with van der Waals surface area (Å²) in [4.78, 5) is 4.42. The van der Waals surface area contributed by atoms with Gasteiger partial charge in [-0.05, 0) is 48.5 Å². The van der Waals surface area contributed by atoms with Crippen LogP contribution in [0, 0.1) is 11.8 Å². The second-order valence-corrected chi connectivity index (χ2v) is 7.66. The van der Waals surface area contributed by atoms with Crippen LogP contribution < -0.4 is 0 Å². The van der Waals surface area contributed by atoms with E-state index in [1.165, 1.54) is 6.20 Å². The summed E-state index contributed by atoms with van der Waals surface area (Å²) in [6.45, 7) is 0.529. The van der Waals surface area contributed by atoms with Crippen LogP contribution in [-0.2, 0) is 6.54 Å². The van der Waals surface area contributed by atoms with Crippen LogP contribution in [0.25, 0.3) is 22.4 Å². The Hall–Kier alpha value is -4.02. The SMILES string of the molecule is FC(F)c1nnc(-c2ccc(Cn3ccc4c(C#Cc5cccc(Cl)c5)cccc43)nc2)o1. The van der Waals surface area contributed by atoms with Crippen molar-refractivity contribution in [2.24, 2.45) is 0 Å². The maximum absolute atomic E-state index is 12.7. The smallest absolute Gasteiger partial charge is 0.314 e. The van der Waals surface area contributed by atoms with Gasteiger partial charge in [-0.2, -0.15) is 8.78 Å². The first-order valence-electron chi connectivity index (χ1n) is 9.99. The zero-order valence-corrected chi connectivity index (χ0v) is 17.8. The van der Waals surface area contributed by atoms with E-state index in [4.69, 9.17) is 16.0 Å². The normalized spacial score (nSPS) is 11.0. The zero-order valence-electron chi connectivity index (χ0n) is 17.0. The third-order valence-corrected chi connectivity index (χ3v) is 5.25. The van der Waals surface area contributed by atoms with Gasteiger partial charge in [-0.1, -0.05) is 35.6 Å². The van der Waals surface area contributed by atoms with Crippen LogP contribution in [0.4, 0.5) is 8.78 Å². The molecule has 0 aliphatic rings. The molecule has 0 bridgehead atoms. The van der Waals surface area contributed by atoms with Gasteiger partial charge in [0.2, 0.25) is 5.89 Å². The fraction of sp³-hybridized carbons (Fsp3) is 0.0800. The highest BCUT2D eigenvalue weighted by Crippen LogP contribution is 2.24. The summed E-state index contributed by atoms with van der Waals surface area (Å²) >= 11 is 6.04. The molecule has 0 saturated carbocycles. The standard InChI is InChI=1S/C25H15ClF2N4O/c26-19-5-1-3-16(13-19)7-8-17-4-2-6-22-21(17)11-12-32(22)15-20-10-9-18(14-29-20)24-30-31-25(33-24)23(27)28/h1-6,9-14,23H,15H2. The number of rotatable bonds is 4. The average molecular weight is 461 g/mol. The first-order valence-corrected chi connectivity index (χ1v) is 10.4. The van der Waals surface area contributed by atoms with E-state index in [0.717, 1.165) is 27.7 Å². The number of nitrogens with zero attached hydrogens (tertiary/aromatic N) is 4. The van der Waals surface area contributed by atoms with Crippen molar-refractivity contribution < 1.29 is 13.2 Å². The molecule has 0 unspecified atom stereocenters. The van der Waals surface area contributed by atoms with E-state index in [1.54, 1.807) is 12.1 Å². The van der Waals surface area contributed by atoms with Crippen LogP contribution in [0.3, 0.4) is 0 Å². The Kier molecular flexibility index (Phi) is 5.59. The summed E-state index contributed by atoms with van der Waals surface area (Å²) in [7, 11) is 0. The van der Waals surface area contributed by atoms with Gasteiger partial charge in [-0.15, -0.1) is 10.2 Å². The number of alkyl halides is 2. The topological polar surface area (TPSA) is 56.7 Å². The van der Waals surface area contributed by atoms with Gasteiger partial charge in [0.05, 0.1) is 17.8 Å². The molecule has 3 heterocycles. The number of benzene rings is 2. The minimum atomic E-state index is -2.81. The molecule has 5 nitrogen and oxygen atoms in total. The Bertz CT molecular complexity index is 1500. The van der Waals surface area contributed by atoms with Crippen molar-refractivity contribution in [3.63, 3.8) is 0 Å². The first kappa shape index (κ1) is 20.9. The Morgan fingerprint density at radius 2 is 1.88 bits per heavy atom. The van der Waals surface area contributed by atoms with Crippen molar-refractivity contribution in [3.05, 3.63) is 101 Å². The van der Waals surface area contributed by atoms with Crippen molar-refractivity contribution in [2.45, 2.75) is 13.0 Å². The zero-order chi connectivity index (χ0) is 22.8. The van der Waals surface area contributed by atoms with Gasteiger partial charge in [-0.3, -0.25) is 4.98 Å². The summed E-state index contributed by atoms with van der Waals surface area (Å²) in [5.74, 6) is 5.70. The molecule has 0 spiro atoms. The van der Waals surface area contributed by atoms with Crippen LogP contribution in [-0.4, -0.2) is 19.7 Å². The highest BCUT2D eigenvalue weighted by molar-refractivity contribution is 6.30. The molecule has 0 aliphatic heterocycles. The molecule has 0 radical (unpaired) electrons. The van der Waals surface area contributed by atoms with E-state index in [1.807, 2.05) is 54.7 Å². The fourth-order valence-electron chi connectivity index (χ4n) is 3.43. The quantitative estimate of drug-likeness (QED) is 0.303. The molecule has 5 aromatic rings. The summed E-state index contributed by atoms with van der Waals surface area (Å²) in [6.07, 6.45) is 0.712. The summed E-state index contributed by atoms with van der Waals surface area (Å²) in [5.41, 5.74) is 4.07. The van der Waals surface area contributed by atoms with E-state index >= 15 is 0 Å². The molecule has 3 aromatic heterocycles. The third-order valence-electron chi connectivity index (χ3n) is 5.01. The monoisotopic (exact) mass is 460 g/mol. The Morgan fingerprint density at radius 1 is 1.00 bits per heavy atom. The largest absolute Gasteiger partial charge is 0.415 e. The van der Waals surface area contributed by atoms with Crippen molar-refractivity contribution in [3.8, 4) is 23.3 Å². The second kappa shape index (κ2) is 8.85. The van der Waals surface area contributed by atoms with Crippen LogP contribution in [0.1, 0.15) is 29.1 Å². The van der Waals surface area contributed by atoms with Gasteiger partial charge < -0.3 is 8.98 Å². The average Bonchev–Trinajstić information content (AvgIpc) is 3.47. The maximum atomic E-state index is 12.7. The number of pyridine rings is 1. The molecule has 162 valence electrons. The molecule has 0 N–H and O–H groups in total. The predicted octanol–water partition coefficient (Wildman–Crippen LogP) is 6.13. The minimum Gasteiger partial charge on any atom is -0.415 e. The molecule has 0 atom stereocenters. The van der Waals surface area contributed by atoms with Crippen molar-refractivity contribution in [1.82, 2.24) is 19.7 Å². The summed E-state index contributed by atoms with van der Waals surface area (Å²) < 4.78 is 32.3. The lowest BCUT2D eigenvalue weighted by Gasteiger charge is -2.06. The lowest BCUT2D eigenvalue weighted by Crippen LogP contribution is -2.00. The van der Waals surface area contributed by atoms with Gasteiger partial charge in [0.25, 0.3) is 5.89 Å². The molecule has 33 heavy (non-hydrogen) atoms. The summed E-state index contributed by atoms with van der Waals surface area (Å²) in [5, 5.41) is 8.67. The van der Waals surface area contributed by atoms with Crippen LogP contribution in [0.5, 0.6) is 0 Å². The molecule has 0 fully saturated rings. The molecule has 2 aromatic carbocycles. The number of hydrogen-bond donors (Lipinski definition) is 0. The van der Waals surface area contributed by atoms with Crippen LogP contribution in [0.15, 0.2) is 77.5 Å². The lowest BCUT2D eigenvalue weighted by molar-refractivity contribution is 0.116. The van der Waals surface area contributed by atoms with E-state index in [0.29, 0.717) is 17.1 Å². The molecule has 0 aliphatic carbocycles. The van der Waals surface area contributed by atoms with Crippen molar-refractivity contribution in [1.29, 1.82) is 0 Å². The molecule has 0 saturated heterocycles. The highest BCUT2D eigenvalue weighted by Gasteiger charge is 2.17. The Morgan fingerprint density at radius 3 is 2.64 bits per heavy atom. The van der Waals surface area contributed by atoms with Gasteiger partial charge in [0, 0.05) is 39.4 Å².